The van der Waals surface area contributed by atoms with Gasteiger partial charge in [-0.2, -0.15) is 4.94 Å². The molecule has 2 aromatic rings. The van der Waals surface area contributed by atoms with Crippen LogP contribution in [-0.2, 0) is 4.94 Å². The van der Waals surface area contributed by atoms with Gasteiger partial charge in [0, 0.05) is 5.69 Å². The number of amidine groups is 3. The fourth-order valence-electron chi connectivity index (χ4n) is 2.76. The van der Waals surface area contributed by atoms with Crippen LogP contribution in [0.4, 0.5) is 11.4 Å². The lowest BCUT2D eigenvalue weighted by Crippen LogP contribution is -2.47. The van der Waals surface area contributed by atoms with Gasteiger partial charge >= 0.3 is 11.9 Å². The lowest BCUT2D eigenvalue weighted by molar-refractivity contribution is 0.00769. The Bertz CT molecular complexity index is 1110. The van der Waals surface area contributed by atoms with Gasteiger partial charge in [-0.15, -0.1) is 5.48 Å². The van der Waals surface area contributed by atoms with Crippen LogP contribution < -0.4 is 16.3 Å². The molecule has 5 N–H and O–H groups in total. The number of nitrogens with zero attached hydrogens (tertiary/aromatic N) is 3. The molecule has 0 bridgehead atoms. The minimum atomic E-state index is -1.03. The maximum absolute atomic E-state index is 11.0. The quantitative estimate of drug-likeness (QED) is 0.512. The van der Waals surface area contributed by atoms with Gasteiger partial charge < -0.3 is 15.5 Å². The van der Waals surface area contributed by atoms with Crippen LogP contribution in [-0.4, -0.2) is 45.3 Å². The van der Waals surface area contributed by atoms with E-state index >= 15 is 0 Å². The van der Waals surface area contributed by atoms with E-state index in [1.807, 2.05) is 0 Å². The summed E-state index contributed by atoms with van der Waals surface area (Å²) < 4.78 is 0. The number of carbonyl (C=O) groups is 2. The molecular formula is C19H16N6O5. The Labute approximate surface area is 169 Å². The predicted molar refractivity (Wildman–Crippen MR) is 108 cm³/mol. The molecule has 0 spiro atoms. The molecule has 4 rings (SSSR count). The first-order valence-corrected chi connectivity index (χ1v) is 8.75. The number of carboxylic acid groups (broad SMARTS) is 2. The Morgan fingerprint density at radius 1 is 1.03 bits per heavy atom. The van der Waals surface area contributed by atoms with Crippen molar-refractivity contribution in [3.05, 3.63) is 59.7 Å². The first kappa shape index (κ1) is 19.2. The number of hydrogen-bond acceptors (Lipinski definition) is 8. The van der Waals surface area contributed by atoms with E-state index in [1.54, 1.807) is 31.2 Å². The van der Waals surface area contributed by atoms with Gasteiger partial charge in [0.05, 0.1) is 16.8 Å². The number of rotatable bonds is 4. The third kappa shape index (κ3) is 3.74. The zero-order valence-electron chi connectivity index (χ0n) is 15.6. The van der Waals surface area contributed by atoms with Crippen LogP contribution in [0.25, 0.3) is 0 Å². The summed E-state index contributed by atoms with van der Waals surface area (Å²) in [5.74, 6) is -1.12. The molecule has 1 atom stereocenters. The second kappa shape index (κ2) is 7.39. The zero-order valence-corrected chi connectivity index (χ0v) is 15.6. The van der Waals surface area contributed by atoms with Crippen molar-refractivity contribution >= 4 is 40.8 Å². The fraction of sp³-hybridized carbons (Fsp3) is 0.105. The first-order chi connectivity index (χ1) is 14.3. The number of hydroxylamine groups is 2. The summed E-state index contributed by atoms with van der Waals surface area (Å²) in [7, 11) is 0. The molecule has 1 fully saturated rings. The molecule has 1 saturated heterocycles. The van der Waals surface area contributed by atoms with Crippen LogP contribution in [0, 0.1) is 0 Å². The Morgan fingerprint density at radius 3 is 2.23 bits per heavy atom. The van der Waals surface area contributed by atoms with Crippen LogP contribution in [0.5, 0.6) is 0 Å². The van der Waals surface area contributed by atoms with Crippen LogP contribution in [0.3, 0.4) is 0 Å². The molecule has 11 nitrogen and oxygen atoms in total. The van der Waals surface area contributed by atoms with Crippen LogP contribution in [0.1, 0.15) is 27.6 Å². The van der Waals surface area contributed by atoms with Crippen molar-refractivity contribution in [2.75, 3.05) is 5.32 Å². The second-order valence-electron chi connectivity index (χ2n) is 6.59. The van der Waals surface area contributed by atoms with E-state index in [0.29, 0.717) is 23.0 Å². The number of carboxylic acids is 2. The van der Waals surface area contributed by atoms with Crippen molar-refractivity contribution in [2.24, 2.45) is 15.0 Å². The van der Waals surface area contributed by atoms with Gasteiger partial charge in [0.25, 0.3) is 0 Å². The molecule has 2 heterocycles. The number of benzene rings is 2. The summed E-state index contributed by atoms with van der Waals surface area (Å²) in [6.45, 7) is 1.75. The molecule has 1 unspecified atom stereocenters. The van der Waals surface area contributed by atoms with Gasteiger partial charge in [-0.1, -0.05) is 0 Å². The lowest BCUT2D eigenvalue weighted by atomic mass is 10.1. The molecular weight excluding hydrogens is 392 g/mol. The maximum Gasteiger partial charge on any atom is 0.335 e. The number of hydrogen-bond donors (Lipinski definition) is 5. The van der Waals surface area contributed by atoms with Crippen LogP contribution in [0.15, 0.2) is 63.5 Å². The molecule has 0 saturated carbocycles. The van der Waals surface area contributed by atoms with Gasteiger partial charge in [0.2, 0.25) is 0 Å². The Hall–Kier alpha value is -4.09. The van der Waals surface area contributed by atoms with E-state index in [0.717, 1.165) is 0 Å². The van der Waals surface area contributed by atoms with Crippen molar-refractivity contribution in [3.63, 3.8) is 0 Å². The summed E-state index contributed by atoms with van der Waals surface area (Å²) in [4.78, 5) is 40.6. The number of aliphatic imine (C=N–C) groups is 3. The van der Waals surface area contributed by atoms with Gasteiger partial charge in [-0.3, -0.25) is 0 Å². The summed E-state index contributed by atoms with van der Waals surface area (Å²) in [6, 6.07) is 12.1. The number of fused-ring (bicyclic) bond motifs is 1. The van der Waals surface area contributed by atoms with Gasteiger partial charge in [-0.25, -0.2) is 30.0 Å². The normalized spacial score (nSPS) is 21.3. The van der Waals surface area contributed by atoms with Crippen LogP contribution >= 0.6 is 0 Å². The number of nitrogens with one attached hydrogen (secondary N) is 3. The highest BCUT2D eigenvalue weighted by Crippen LogP contribution is 2.22. The molecule has 0 amide bonds. The monoisotopic (exact) mass is 408 g/mol. The minimum Gasteiger partial charge on any atom is -0.478 e. The molecule has 30 heavy (non-hydrogen) atoms. The lowest BCUT2D eigenvalue weighted by Gasteiger charge is -2.23. The molecule has 2 aliphatic rings. The first-order valence-electron chi connectivity index (χ1n) is 8.75. The molecule has 0 radical (unpaired) electrons. The number of aromatic carboxylic acids is 2. The standard InChI is InChI=1S/C19H16N6O5/c1-19-18(24-30-25-19)22-14(20-12-6-2-10(3-7-12)16(26)27)15(23-19)21-13-8-4-11(5-9-13)17(28)29/h2-9,25H,1H3,(H,21,23)(H,26,27)(H,28,29)(H,20,22,24). The summed E-state index contributed by atoms with van der Waals surface area (Å²) in [5.41, 5.74) is 5.73. The van der Waals surface area contributed by atoms with E-state index in [9.17, 15) is 9.59 Å². The topological polar surface area (TPSA) is 157 Å². The smallest absolute Gasteiger partial charge is 0.335 e. The van der Waals surface area contributed by atoms with E-state index < -0.39 is 17.6 Å². The highest BCUT2D eigenvalue weighted by Gasteiger charge is 2.41. The molecule has 2 aliphatic heterocycles. The van der Waals surface area contributed by atoms with Gasteiger partial charge in [-0.05, 0) is 55.5 Å². The van der Waals surface area contributed by atoms with E-state index in [2.05, 4.69) is 31.3 Å². The highest BCUT2D eigenvalue weighted by molar-refractivity contribution is 6.48. The van der Waals surface area contributed by atoms with Crippen molar-refractivity contribution in [3.8, 4) is 0 Å². The second-order valence-corrected chi connectivity index (χ2v) is 6.59. The average molecular weight is 408 g/mol. The summed E-state index contributed by atoms with van der Waals surface area (Å²) in [6.07, 6.45) is 0. The Balaban J connectivity index is 1.68. The highest BCUT2D eigenvalue weighted by atomic mass is 16.8. The van der Waals surface area contributed by atoms with Crippen molar-refractivity contribution in [1.29, 1.82) is 0 Å². The summed E-state index contributed by atoms with van der Waals surface area (Å²) >= 11 is 0. The van der Waals surface area contributed by atoms with Crippen molar-refractivity contribution in [2.45, 2.75) is 12.6 Å². The zero-order chi connectivity index (χ0) is 21.3. The molecule has 11 heteroatoms. The van der Waals surface area contributed by atoms with Gasteiger partial charge in [0.15, 0.2) is 23.2 Å². The summed E-state index contributed by atoms with van der Waals surface area (Å²) in [5, 5.41) is 21.2. The Morgan fingerprint density at radius 2 is 1.63 bits per heavy atom. The SMILES string of the molecule is CC12N=C(Nc3ccc(C(=O)O)cc3)C(=Nc3ccc(C(=O)O)cc3)N=C1NON2. The predicted octanol–water partition coefficient (Wildman–Crippen LogP) is 1.79. The molecule has 0 aromatic heterocycles. The third-order valence-electron chi connectivity index (χ3n) is 4.37. The van der Waals surface area contributed by atoms with E-state index in [4.69, 9.17) is 15.2 Å². The van der Waals surface area contributed by atoms with E-state index in [-0.39, 0.29) is 17.0 Å². The fourth-order valence-corrected chi connectivity index (χ4v) is 2.76. The van der Waals surface area contributed by atoms with Crippen LogP contribution in [0.2, 0.25) is 0 Å². The largest absolute Gasteiger partial charge is 0.478 e. The Kier molecular flexibility index (Phi) is 4.74. The molecule has 152 valence electrons. The van der Waals surface area contributed by atoms with Crippen molar-refractivity contribution < 1.29 is 24.7 Å². The third-order valence-corrected chi connectivity index (χ3v) is 4.37. The number of anilines is 1. The molecule has 0 aliphatic carbocycles. The molecule has 2 aromatic carbocycles. The minimum absolute atomic E-state index is 0.141. The average Bonchev–Trinajstić information content (AvgIpc) is 3.09. The maximum atomic E-state index is 11.0. The van der Waals surface area contributed by atoms with Crippen molar-refractivity contribution in [1.82, 2.24) is 11.0 Å². The van der Waals surface area contributed by atoms with Gasteiger partial charge in [0.1, 0.15) is 0 Å². The van der Waals surface area contributed by atoms with E-state index in [1.165, 1.54) is 24.3 Å².